The molecule has 5 atom stereocenters. The second-order valence-electron chi connectivity index (χ2n) is 7.22. The van der Waals surface area contributed by atoms with E-state index in [0.29, 0.717) is 17.9 Å². The van der Waals surface area contributed by atoms with Gasteiger partial charge >= 0.3 is 5.97 Å². The molecule has 0 unspecified atom stereocenters. The molecule has 1 amide bonds. The summed E-state index contributed by atoms with van der Waals surface area (Å²) >= 11 is 0. The van der Waals surface area contributed by atoms with Crippen LogP contribution in [0.15, 0.2) is 48.6 Å². The van der Waals surface area contributed by atoms with Crippen LogP contribution in [-0.2, 0) is 14.3 Å². The second-order valence-corrected chi connectivity index (χ2v) is 7.22. The molecular formula is C20H21NO5. The Hall–Kier alpha value is -2.60. The number of rotatable bonds is 5. The van der Waals surface area contributed by atoms with Gasteiger partial charge in [-0.05, 0) is 25.5 Å². The lowest BCUT2D eigenvalue weighted by Gasteiger charge is -2.33. The van der Waals surface area contributed by atoms with E-state index in [1.54, 1.807) is 30.2 Å². The van der Waals surface area contributed by atoms with Gasteiger partial charge in [0.05, 0.1) is 25.2 Å². The van der Waals surface area contributed by atoms with Crippen LogP contribution in [0.3, 0.4) is 0 Å². The molecule has 0 radical (unpaired) electrons. The number of carboxylic acids is 1. The summed E-state index contributed by atoms with van der Waals surface area (Å²) in [5.41, 5.74) is 0.659. The van der Waals surface area contributed by atoms with Gasteiger partial charge in [-0.1, -0.05) is 23.8 Å². The monoisotopic (exact) mass is 355 g/mol. The first-order chi connectivity index (χ1) is 12.4. The van der Waals surface area contributed by atoms with Gasteiger partial charge in [-0.25, -0.2) is 0 Å². The molecule has 6 heteroatoms. The Labute approximate surface area is 151 Å². The Bertz CT molecular complexity index is 831. The smallest absolute Gasteiger partial charge is 0.310 e. The molecule has 1 N–H and O–H groups in total. The van der Waals surface area contributed by atoms with Gasteiger partial charge in [0.15, 0.2) is 0 Å². The number of ether oxygens (including phenoxy) is 2. The van der Waals surface area contributed by atoms with Crippen molar-refractivity contribution in [2.75, 3.05) is 12.0 Å². The third-order valence-electron chi connectivity index (χ3n) is 5.58. The van der Waals surface area contributed by atoms with E-state index in [-0.39, 0.29) is 11.9 Å². The lowest BCUT2D eigenvalue weighted by molar-refractivity contribution is -0.146. The molecule has 1 spiro atoms. The zero-order valence-corrected chi connectivity index (χ0v) is 14.7. The van der Waals surface area contributed by atoms with Gasteiger partial charge < -0.3 is 19.5 Å². The average molecular weight is 355 g/mol. The Morgan fingerprint density at radius 2 is 2.23 bits per heavy atom. The Balaban J connectivity index is 1.84. The number of anilines is 1. The maximum atomic E-state index is 13.4. The number of carbonyl (C=O) groups is 2. The Kier molecular flexibility index (Phi) is 3.70. The number of nitrogens with zero attached hydrogens (tertiary/aromatic N) is 1. The molecule has 6 nitrogen and oxygen atoms in total. The van der Waals surface area contributed by atoms with Crippen molar-refractivity contribution in [1.82, 2.24) is 0 Å². The molecule has 0 aromatic heterocycles. The van der Waals surface area contributed by atoms with Gasteiger partial charge in [0.25, 0.3) is 0 Å². The van der Waals surface area contributed by atoms with E-state index in [2.05, 4.69) is 6.58 Å². The normalized spacial score (nSPS) is 34.2. The SMILES string of the molecule is C=C(C)C[C@H]1N(c2cccc(OC)c2)C(=O)[C@H]2[C@H](C(=O)O)[C@@H]3C=C[C@]21O3. The van der Waals surface area contributed by atoms with Crippen molar-refractivity contribution in [3.05, 3.63) is 48.6 Å². The number of carbonyl (C=O) groups excluding carboxylic acids is 1. The minimum atomic E-state index is -0.999. The molecule has 1 aromatic carbocycles. The zero-order chi connectivity index (χ0) is 18.6. The van der Waals surface area contributed by atoms with E-state index in [1.165, 1.54) is 0 Å². The molecule has 2 fully saturated rings. The van der Waals surface area contributed by atoms with Gasteiger partial charge in [0, 0.05) is 11.8 Å². The number of aliphatic carboxylic acids is 1. The summed E-state index contributed by atoms with van der Waals surface area (Å²) in [7, 11) is 1.57. The average Bonchev–Trinajstić information content (AvgIpc) is 3.24. The third kappa shape index (κ3) is 2.15. The summed E-state index contributed by atoms with van der Waals surface area (Å²) < 4.78 is 11.4. The van der Waals surface area contributed by atoms with Crippen molar-refractivity contribution in [3.8, 4) is 5.75 Å². The fraction of sp³-hybridized carbons (Fsp3) is 0.400. The number of hydrogen-bond acceptors (Lipinski definition) is 4. The summed E-state index contributed by atoms with van der Waals surface area (Å²) in [6.45, 7) is 5.89. The highest BCUT2D eigenvalue weighted by molar-refractivity contribution is 6.03. The third-order valence-corrected chi connectivity index (χ3v) is 5.58. The van der Waals surface area contributed by atoms with Gasteiger partial charge in [-0.3, -0.25) is 9.59 Å². The standard InChI is InChI=1S/C20H21NO5/c1-11(2)9-15-20-8-7-14(26-20)16(19(23)24)17(20)18(22)21(15)12-5-4-6-13(10-12)25-3/h4-8,10,14-17H,1,9H2,2-3H3,(H,23,24)/t14-,15+,16+,17+,20+/m0/s1. The summed E-state index contributed by atoms with van der Waals surface area (Å²) in [6.07, 6.45) is 3.64. The van der Waals surface area contributed by atoms with Crippen molar-refractivity contribution < 1.29 is 24.2 Å². The first-order valence-electron chi connectivity index (χ1n) is 8.60. The second kappa shape index (κ2) is 5.71. The molecule has 1 aromatic rings. The number of benzene rings is 1. The summed E-state index contributed by atoms with van der Waals surface area (Å²) in [4.78, 5) is 26.9. The predicted molar refractivity (Wildman–Crippen MR) is 95.1 cm³/mol. The number of methoxy groups -OCH3 is 1. The lowest BCUT2D eigenvalue weighted by atomic mass is 9.74. The maximum absolute atomic E-state index is 13.4. The van der Waals surface area contributed by atoms with Crippen LogP contribution in [0.25, 0.3) is 0 Å². The summed E-state index contributed by atoms with van der Waals surface area (Å²) in [6, 6.07) is 6.89. The van der Waals surface area contributed by atoms with Crippen molar-refractivity contribution in [2.45, 2.75) is 31.1 Å². The van der Waals surface area contributed by atoms with E-state index < -0.39 is 29.5 Å². The van der Waals surface area contributed by atoms with E-state index in [4.69, 9.17) is 9.47 Å². The van der Waals surface area contributed by atoms with Crippen LogP contribution in [0.2, 0.25) is 0 Å². The molecule has 3 heterocycles. The number of amides is 1. The molecule has 136 valence electrons. The van der Waals surface area contributed by atoms with Crippen LogP contribution in [0.5, 0.6) is 5.75 Å². The van der Waals surface area contributed by atoms with Gasteiger partial charge in [-0.15, -0.1) is 6.58 Å². The topological polar surface area (TPSA) is 76.1 Å². The minimum absolute atomic E-state index is 0.219. The highest BCUT2D eigenvalue weighted by Crippen LogP contribution is 2.56. The van der Waals surface area contributed by atoms with Gasteiger partial charge in [-0.2, -0.15) is 0 Å². The molecular weight excluding hydrogens is 334 g/mol. The molecule has 2 saturated heterocycles. The number of fused-ring (bicyclic) bond motifs is 1. The summed E-state index contributed by atoms with van der Waals surface area (Å²) in [5, 5.41) is 9.68. The molecule has 3 aliphatic heterocycles. The highest BCUT2D eigenvalue weighted by atomic mass is 16.5. The highest BCUT2D eigenvalue weighted by Gasteiger charge is 2.71. The van der Waals surface area contributed by atoms with Crippen molar-refractivity contribution in [2.24, 2.45) is 11.8 Å². The van der Waals surface area contributed by atoms with Gasteiger partial charge in [0.2, 0.25) is 5.91 Å². The van der Waals surface area contributed by atoms with E-state index >= 15 is 0 Å². The number of carboxylic acid groups (broad SMARTS) is 1. The van der Waals surface area contributed by atoms with Crippen molar-refractivity contribution in [3.63, 3.8) is 0 Å². The molecule has 26 heavy (non-hydrogen) atoms. The molecule has 3 aliphatic rings. The van der Waals surface area contributed by atoms with Crippen LogP contribution in [0.1, 0.15) is 13.3 Å². The first-order valence-corrected chi connectivity index (χ1v) is 8.60. The van der Waals surface area contributed by atoms with E-state index in [9.17, 15) is 14.7 Å². The molecule has 0 saturated carbocycles. The van der Waals surface area contributed by atoms with Crippen molar-refractivity contribution >= 4 is 17.6 Å². The predicted octanol–water partition coefficient (Wildman–Crippen LogP) is 2.40. The van der Waals surface area contributed by atoms with Crippen molar-refractivity contribution in [1.29, 1.82) is 0 Å². The fourth-order valence-corrected chi connectivity index (χ4v) is 4.58. The molecule has 0 aliphatic carbocycles. The van der Waals surface area contributed by atoms with Crippen LogP contribution >= 0.6 is 0 Å². The van der Waals surface area contributed by atoms with Crippen LogP contribution < -0.4 is 9.64 Å². The Morgan fingerprint density at radius 3 is 2.88 bits per heavy atom. The number of hydrogen-bond donors (Lipinski definition) is 1. The first kappa shape index (κ1) is 16.8. The van der Waals surface area contributed by atoms with Crippen LogP contribution in [0, 0.1) is 11.8 Å². The zero-order valence-electron chi connectivity index (χ0n) is 14.7. The lowest BCUT2D eigenvalue weighted by Crippen LogP contribution is -2.45. The Morgan fingerprint density at radius 1 is 1.46 bits per heavy atom. The van der Waals surface area contributed by atoms with Crippen LogP contribution in [0.4, 0.5) is 5.69 Å². The van der Waals surface area contributed by atoms with E-state index in [1.807, 2.05) is 25.1 Å². The largest absolute Gasteiger partial charge is 0.497 e. The minimum Gasteiger partial charge on any atom is -0.497 e. The molecule has 4 rings (SSSR count). The van der Waals surface area contributed by atoms with E-state index in [0.717, 1.165) is 5.57 Å². The molecule has 2 bridgehead atoms. The van der Waals surface area contributed by atoms with Gasteiger partial charge in [0.1, 0.15) is 17.3 Å². The van der Waals surface area contributed by atoms with Crippen LogP contribution in [-0.4, -0.2) is 41.8 Å². The summed E-state index contributed by atoms with van der Waals surface area (Å²) in [5.74, 6) is -2.18. The maximum Gasteiger partial charge on any atom is 0.310 e. The quantitative estimate of drug-likeness (QED) is 0.821. The fourth-order valence-electron chi connectivity index (χ4n) is 4.58.